The molecule has 0 amide bonds. The summed E-state index contributed by atoms with van der Waals surface area (Å²) in [5.41, 5.74) is 1.54. The van der Waals surface area contributed by atoms with E-state index in [1.165, 1.54) is 12.1 Å². The molecule has 0 radical (unpaired) electrons. The highest BCUT2D eigenvalue weighted by Crippen LogP contribution is 2.23. The smallest absolute Gasteiger partial charge is 0.325 e. The van der Waals surface area contributed by atoms with Gasteiger partial charge in [0.2, 0.25) is 10.0 Å². The lowest BCUT2D eigenvalue weighted by molar-refractivity contribution is -0.160. The molecule has 1 atom stereocenters. The van der Waals surface area contributed by atoms with Crippen molar-refractivity contribution in [1.82, 2.24) is 4.72 Å². The normalized spacial score (nSPS) is 12.6. The minimum Gasteiger partial charge on any atom is -0.461 e. The Bertz CT molecular complexity index is 1280. The van der Waals surface area contributed by atoms with Crippen molar-refractivity contribution in [2.75, 3.05) is 0 Å². The van der Waals surface area contributed by atoms with E-state index in [1.54, 1.807) is 69.3 Å². The van der Waals surface area contributed by atoms with E-state index in [0.717, 1.165) is 16.7 Å². The maximum atomic E-state index is 13.1. The third-order valence-corrected chi connectivity index (χ3v) is 6.68. The zero-order valence-electron chi connectivity index (χ0n) is 20.2. The van der Waals surface area contributed by atoms with Gasteiger partial charge in [0.1, 0.15) is 18.2 Å². The van der Waals surface area contributed by atoms with Gasteiger partial charge in [-0.25, -0.2) is 8.42 Å². The zero-order valence-corrected chi connectivity index (χ0v) is 21.8. The highest BCUT2D eigenvalue weighted by Gasteiger charge is 2.32. The predicted molar refractivity (Wildman–Crippen MR) is 138 cm³/mol. The van der Waals surface area contributed by atoms with Gasteiger partial charge in [-0.15, -0.1) is 0 Å². The second-order valence-corrected chi connectivity index (χ2v) is 11.2. The van der Waals surface area contributed by atoms with Gasteiger partial charge in [-0.05, 0) is 61.7 Å². The van der Waals surface area contributed by atoms with Crippen molar-refractivity contribution < 1.29 is 27.5 Å². The van der Waals surface area contributed by atoms with Gasteiger partial charge in [0.05, 0.1) is 11.3 Å². The van der Waals surface area contributed by atoms with E-state index in [4.69, 9.17) is 21.1 Å². The third kappa shape index (κ3) is 8.19. The first-order valence-corrected chi connectivity index (χ1v) is 13.1. The van der Waals surface area contributed by atoms with Crippen LogP contribution >= 0.6 is 11.6 Å². The molecule has 0 aliphatic carbocycles. The summed E-state index contributed by atoms with van der Waals surface area (Å²) in [6, 6.07) is 20.8. The summed E-state index contributed by atoms with van der Waals surface area (Å²) in [4.78, 5) is 25.2. The number of carbonyl (C=O) groups is 2. The van der Waals surface area contributed by atoms with Gasteiger partial charge in [0.25, 0.3) is 0 Å². The Balaban J connectivity index is 1.75. The van der Waals surface area contributed by atoms with E-state index in [9.17, 15) is 18.0 Å². The van der Waals surface area contributed by atoms with Crippen LogP contribution in [0.25, 0.3) is 11.1 Å². The third-order valence-electron chi connectivity index (χ3n) is 4.94. The summed E-state index contributed by atoms with van der Waals surface area (Å²) in [6.07, 6.45) is -0.524. The Morgan fingerprint density at radius 1 is 0.889 bits per heavy atom. The van der Waals surface area contributed by atoms with Gasteiger partial charge >= 0.3 is 11.9 Å². The number of esters is 2. The van der Waals surface area contributed by atoms with E-state index in [-0.39, 0.29) is 11.5 Å². The fourth-order valence-electron chi connectivity index (χ4n) is 3.23. The largest absolute Gasteiger partial charge is 0.461 e. The number of halogens is 1. The second-order valence-electron chi connectivity index (χ2n) is 9.09. The van der Waals surface area contributed by atoms with Crippen molar-refractivity contribution in [2.24, 2.45) is 0 Å². The van der Waals surface area contributed by atoms with E-state index in [2.05, 4.69) is 4.72 Å². The lowest BCUT2D eigenvalue weighted by atomic mass is 10.1. The predicted octanol–water partition coefficient (Wildman–Crippen LogP) is 5.13. The van der Waals surface area contributed by atoms with Crippen LogP contribution in [0.3, 0.4) is 0 Å². The monoisotopic (exact) mass is 529 g/mol. The second kappa shape index (κ2) is 11.7. The number of carbonyl (C=O) groups excluding carboxylic acids is 2. The van der Waals surface area contributed by atoms with Crippen LogP contribution in [0, 0.1) is 0 Å². The fourth-order valence-corrected chi connectivity index (χ4v) is 4.54. The molecule has 1 N–H and O–H groups in total. The molecule has 3 aromatic carbocycles. The lowest BCUT2D eigenvalue weighted by Crippen LogP contribution is -2.45. The highest BCUT2D eigenvalue weighted by atomic mass is 35.5. The van der Waals surface area contributed by atoms with Gasteiger partial charge in [-0.3, -0.25) is 9.59 Å². The van der Waals surface area contributed by atoms with Crippen LogP contribution in [0.5, 0.6) is 0 Å². The molecule has 0 bridgehead atoms. The van der Waals surface area contributed by atoms with E-state index >= 15 is 0 Å². The molecule has 0 aromatic heterocycles. The molecule has 3 rings (SSSR count). The molecular weight excluding hydrogens is 502 g/mol. The summed E-state index contributed by atoms with van der Waals surface area (Å²) in [6.45, 7) is 4.96. The number of hydrogen-bond acceptors (Lipinski definition) is 6. The molecule has 0 aliphatic heterocycles. The van der Waals surface area contributed by atoms with Gasteiger partial charge in [0.15, 0.2) is 0 Å². The molecule has 190 valence electrons. The summed E-state index contributed by atoms with van der Waals surface area (Å²) in [5, 5.41) is 0.595. The Kier molecular flexibility index (Phi) is 8.89. The fraction of sp³-hybridized carbons (Fsp3) is 0.259. The number of benzene rings is 3. The van der Waals surface area contributed by atoms with Crippen molar-refractivity contribution in [3.63, 3.8) is 0 Å². The molecule has 36 heavy (non-hydrogen) atoms. The van der Waals surface area contributed by atoms with Gasteiger partial charge < -0.3 is 9.47 Å². The quantitative estimate of drug-likeness (QED) is 0.386. The molecule has 0 saturated heterocycles. The molecule has 0 saturated carbocycles. The van der Waals surface area contributed by atoms with E-state index in [1.807, 2.05) is 18.2 Å². The summed E-state index contributed by atoms with van der Waals surface area (Å²) < 4.78 is 39.1. The lowest BCUT2D eigenvalue weighted by Gasteiger charge is -2.24. The van der Waals surface area contributed by atoms with E-state index in [0.29, 0.717) is 5.02 Å². The number of nitrogens with one attached hydrogen (secondary N) is 1. The number of hydrogen-bond donors (Lipinski definition) is 1. The van der Waals surface area contributed by atoms with Crippen LogP contribution in [0.15, 0.2) is 83.8 Å². The van der Waals surface area contributed by atoms with Crippen LogP contribution in [-0.4, -0.2) is 32.0 Å². The van der Waals surface area contributed by atoms with Gasteiger partial charge in [-0.2, -0.15) is 4.72 Å². The molecule has 0 heterocycles. The Morgan fingerprint density at radius 2 is 1.44 bits per heavy atom. The summed E-state index contributed by atoms with van der Waals surface area (Å²) in [7, 11) is -4.16. The van der Waals surface area contributed by atoms with Gasteiger partial charge in [-0.1, -0.05) is 66.2 Å². The molecule has 9 heteroatoms. The number of ether oxygens (including phenoxy) is 2. The number of sulfonamides is 1. The van der Waals surface area contributed by atoms with Crippen molar-refractivity contribution in [1.29, 1.82) is 0 Å². The van der Waals surface area contributed by atoms with Crippen LogP contribution in [-0.2, 0) is 35.7 Å². The molecule has 0 spiro atoms. The topological polar surface area (TPSA) is 98.8 Å². The number of rotatable bonds is 9. The first-order chi connectivity index (χ1) is 16.9. The average Bonchev–Trinajstić information content (AvgIpc) is 2.82. The Hall–Kier alpha value is -3.20. The Morgan fingerprint density at radius 3 is 2.00 bits per heavy atom. The van der Waals surface area contributed by atoms with Gasteiger partial charge in [0, 0.05) is 5.02 Å². The van der Waals surface area contributed by atoms with Crippen molar-refractivity contribution in [3.8, 4) is 11.1 Å². The highest BCUT2D eigenvalue weighted by molar-refractivity contribution is 7.89. The first kappa shape index (κ1) is 27.4. The van der Waals surface area contributed by atoms with Crippen LogP contribution < -0.4 is 4.72 Å². The van der Waals surface area contributed by atoms with E-state index < -0.39 is 40.0 Å². The van der Waals surface area contributed by atoms with Crippen LogP contribution in [0.4, 0.5) is 0 Å². The first-order valence-electron chi connectivity index (χ1n) is 11.2. The summed E-state index contributed by atoms with van der Waals surface area (Å²) in [5.74, 6) is -1.61. The maximum absolute atomic E-state index is 13.1. The molecule has 0 unspecified atom stereocenters. The molecule has 0 fully saturated rings. The van der Waals surface area contributed by atoms with Crippen LogP contribution in [0.1, 0.15) is 32.8 Å². The molecular formula is C27H28ClNO6S. The minimum absolute atomic E-state index is 0.000375. The van der Waals surface area contributed by atoms with Crippen molar-refractivity contribution in [2.45, 2.75) is 50.3 Å². The van der Waals surface area contributed by atoms with Crippen molar-refractivity contribution in [3.05, 3.63) is 89.4 Å². The Labute approximate surface area is 216 Å². The van der Waals surface area contributed by atoms with Crippen molar-refractivity contribution >= 4 is 33.6 Å². The summed E-state index contributed by atoms with van der Waals surface area (Å²) >= 11 is 5.93. The SMILES string of the molecule is CC(C)(C)OC(=O)[C@@H](CC(=O)OCc1ccccc1)NS(=O)(=O)c1ccc(-c2ccc(Cl)cc2)cc1. The minimum atomic E-state index is -4.16. The standard InChI is InChI=1S/C27H28ClNO6S/c1-27(2,3)35-26(31)24(17-25(30)34-18-19-7-5-4-6-8-19)29-36(32,33)23-15-11-21(12-16-23)20-9-13-22(28)14-10-20/h4-16,24,29H,17-18H2,1-3H3/t24-/m1/s1. The van der Waals surface area contributed by atoms with Crippen LogP contribution in [0.2, 0.25) is 5.02 Å². The molecule has 7 nitrogen and oxygen atoms in total. The maximum Gasteiger partial charge on any atom is 0.325 e. The molecule has 3 aromatic rings. The zero-order chi connectivity index (χ0) is 26.3. The molecule has 0 aliphatic rings. The average molecular weight is 530 g/mol.